The van der Waals surface area contributed by atoms with E-state index in [0.717, 1.165) is 34.1 Å². The number of thiazole rings is 1. The second kappa shape index (κ2) is 5.79. The van der Waals surface area contributed by atoms with Gasteiger partial charge >= 0.3 is 0 Å². The molecule has 0 spiro atoms. The van der Waals surface area contributed by atoms with E-state index in [2.05, 4.69) is 26.4 Å². The van der Waals surface area contributed by atoms with E-state index in [9.17, 15) is 4.79 Å². The fourth-order valence-corrected chi connectivity index (χ4v) is 3.53. The molecule has 1 amide bonds. The molecule has 4 rings (SSSR count). The van der Waals surface area contributed by atoms with Crippen molar-refractivity contribution < 1.29 is 4.79 Å². The SMILES string of the molecule is Cc1cnc(C(=O)N2CCc3cc(-c4csc(C)n4)ccc32)cn1. The van der Waals surface area contributed by atoms with Gasteiger partial charge in [0.25, 0.3) is 5.91 Å². The second-order valence-corrected chi connectivity index (χ2v) is 6.91. The maximum Gasteiger partial charge on any atom is 0.278 e. The molecule has 0 radical (unpaired) electrons. The molecule has 1 aliphatic heterocycles. The van der Waals surface area contributed by atoms with Crippen LogP contribution in [-0.4, -0.2) is 27.4 Å². The van der Waals surface area contributed by atoms with Crippen molar-refractivity contribution in [2.75, 3.05) is 11.4 Å². The van der Waals surface area contributed by atoms with E-state index >= 15 is 0 Å². The van der Waals surface area contributed by atoms with Gasteiger partial charge in [-0.15, -0.1) is 11.3 Å². The van der Waals surface area contributed by atoms with Crippen molar-refractivity contribution in [3.05, 3.63) is 57.9 Å². The quantitative estimate of drug-likeness (QED) is 0.719. The van der Waals surface area contributed by atoms with Gasteiger partial charge in [-0.25, -0.2) is 9.97 Å². The van der Waals surface area contributed by atoms with Gasteiger partial charge in [0.05, 0.1) is 22.6 Å². The number of fused-ring (bicyclic) bond motifs is 1. The first-order valence-electron chi connectivity index (χ1n) is 7.78. The lowest BCUT2D eigenvalue weighted by molar-refractivity contribution is 0.0984. The molecule has 0 bridgehead atoms. The van der Waals surface area contributed by atoms with E-state index in [0.29, 0.717) is 12.2 Å². The summed E-state index contributed by atoms with van der Waals surface area (Å²) in [6.45, 7) is 4.53. The van der Waals surface area contributed by atoms with Gasteiger partial charge in [0, 0.05) is 29.4 Å². The van der Waals surface area contributed by atoms with Crippen LogP contribution in [0, 0.1) is 13.8 Å². The Balaban J connectivity index is 1.64. The molecule has 1 aliphatic rings. The molecule has 3 heterocycles. The van der Waals surface area contributed by atoms with Gasteiger partial charge in [0.15, 0.2) is 0 Å². The summed E-state index contributed by atoms with van der Waals surface area (Å²) >= 11 is 1.65. The maximum absolute atomic E-state index is 12.7. The molecule has 0 aliphatic carbocycles. The third kappa shape index (κ3) is 2.59. The molecule has 1 aromatic carbocycles. The number of amides is 1. The van der Waals surface area contributed by atoms with Crippen LogP contribution in [0.2, 0.25) is 0 Å². The van der Waals surface area contributed by atoms with Crippen LogP contribution in [0.5, 0.6) is 0 Å². The predicted molar refractivity (Wildman–Crippen MR) is 94.4 cm³/mol. The Morgan fingerprint density at radius 2 is 2.08 bits per heavy atom. The molecule has 120 valence electrons. The first-order chi connectivity index (χ1) is 11.6. The van der Waals surface area contributed by atoms with Crippen molar-refractivity contribution in [1.82, 2.24) is 15.0 Å². The maximum atomic E-state index is 12.7. The van der Waals surface area contributed by atoms with Crippen LogP contribution >= 0.6 is 11.3 Å². The van der Waals surface area contributed by atoms with Crippen molar-refractivity contribution in [3.63, 3.8) is 0 Å². The molecule has 0 fully saturated rings. The third-order valence-electron chi connectivity index (χ3n) is 4.14. The summed E-state index contributed by atoms with van der Waals surface area (Å²) in [5, 5.41) is 3.12. The van der Waals surface area contributed by atoms with Crippen molar-refractivity contribution in [2.24, 2.45) is 0 Å². The highest BCUT2D eigenvalue weighted by molar-refractivity contribution is 7.09. The highest BCUT2D eigenvalue weighted by Crippen LogP contribution is 2.33. The summed E-state index contributed by atoms with van der Waals surface area (Å²) in [7, 11) is 0. The van der Waals surface area contributed by atoms with Crippen LogP contribution in [-0.2, 0) is 6.42 Å². The zero-order valence-corrected chi connectivity index (χ0v) is 14.3. The lowest BCUT2D eigenvalue weighted by Gasteiger charge is -2.16. The van der Waals surface area contributed by atoms with Crippen LogP contribution in [0.3, 0.4) is 0 Å². The second-order valence-electron chi connectivity index (χ2n) is 5.85. The summed E-state index contributed by atoms with van der Waals surface area (Å²) in [4.78, 5) is 27.4. The lowest BCUT2D eigenvalue weighted by atomic mass is 10.1. The molecular weight excluding hydrogens is 320 g/mol. The third-order valence-corrected chi connectivity index (χ3v) is 4.91. The Hall–Kier alpha value is -2.60. The van der Waals surface area contributed by atoms with Gasteiger partial charge in [-0.05, 0) is 38.0 Å². The molecular formula is C18H16N4OS. The number of carbonyl (C=O) groups is 1. The monoisotopic (exact) mass is 336 g/mol. The van der Waals surface area contributed by atoms with Crippen molar-refractivity contribution in [1.29, 1.82) is 0 Å². The zero-order valence-electron chi connectivity index (χ0n) is 13.5. The van der Waals surface area contributed by atoms with Crippen molar-refractivity contribution >= 4 is 22.9 Å². The minimum absolute atomic E-state index is 0.0986. The molecule has 0 N–H and O–H groups in total. The topological polar surface area (TPSA) is 59.0 Å². The number of anilines is 1. The number of carbonyl (C=O) groups excluding carboxylic acids is 1. The minimum Gasteiger partial charge on any atom is -0.306 e. The molecule has 3 aromatic rings. The predicted octanol–water partition coefficient (Wildman–Crippen LogP) is 3.42. The standard InChI is InChI=1S/C18H16N4OS/c1-11-8-20-15(9-19-11)18(23)22-6-5-14-7-13(3-4-17(14)22)16-10-24-12(2)21-16/h3-4,7-10H,5-6H2,1-2H3. The van der Waals surface area contributed by atoms with Crippen LogP contribution in [0.1, 0.15) is 26.8 Å². The molecule has 2 aromatic heterocycles. The van der Waals surface area contributed by atoms with Gasteiger partial charge < -0.3 is 4.90 Å². The number of hydrogen-bond acceptors (Lipinski definition) is 5. The van der Waals surface area contributed by atoms with Gasteiger partial charge in [0.1, 0.15) is 5.69 Å². The van der Waals surface area contributed by atoms with E-state index in [1.54, 1.807) is 28.6 Å². The van der Waals surface area contributed by atoms with E-state index < -0.39 is 0 Å². The van der Waals surface area contributed by atoms with Crippen LogP contribution < -0.4 is 4.90 Å². The Labute approximate surface area is 144 Å². The average molecular weight is 336 g/mol. The number of hydrogen-bond donors (Lipinski definition) is 0. The Bertz CT molecular complexity index is 917. The lowest BCUT2D eigenvalue weighted by Crippen LogP contribution is -2.29. The van der Waals surface area contributed by atoms with Crippen molar-refractivity contribution in [3.8, 4) is 11.3 Å². The fourth-order valence-electron chi connectivity index (χ4n) is 2.91. The molecule has 0 saturated carbocycles. The van der Waals surface area contributed by atoms with Crippen LogP contribution in [0.15, 0.2) is 36.0 Å². The summed E-state index contributed by atoms with van der Waals surface area (Å²) in [6.07, 6.45) is 4.01. The van der Waals surface area contributed by atoms with Gasteiger partial charge in [-0.3, -0.25) is 9.78 Å². The minimum atomic E-state index is -0.0986. The average Bonchev–Trinajstić information content (AvgIpc) is 3.20. The van der Waals surface area contributed by atoms with Gasteiger partial charge in [0.2, 0.25) is 0 Å². The largest absolute Gasteiger partial charge is 0.306 e. The zero-order chi connectivity index (χ0) is 16.7. The normalized spacial score (nSPS) is 13.2. The number of aromatic nitrogens is 3. The molecule has 5 nitrogen and oxygen atoms in total. The summed E-state index contributed by atoms with van der Waals surface area (Å²) in [6, 6.07) is 6.17. The molecule has 0 unspecified atom stereocenters. The van der Waals surface area contributed by atoms with E-state index in [1.165, 1.54) is 5.56 Å². The Morgan fingerprint density at radius 3 is 2.79 bits per heavy atom. The Morgan fingerprint density at radius 1 is 1.21 bits per heavy atom. The smallest absolute Gasteiger partial charge is 0.278 e. The van der Waals surface area contributed by atoms with Gasteiger partial charge in [-0.1, -0.05) is 6.07 Å². The molecule has 6 heteroatoms. The highest BCUT2D eigenvalue weighted by Gasteiger charge is 2.27. The summed E-state index contributed by atoms with van der Waals surface area (Å²) in [5.74, 6) is -0.0986. The number of aryl methyl sites for hydroxylation is 2. The molecule has 0 atom stereocenters. The number of nitrogens with zero attached hydrogens (tertiary/aromatic N) is 4. The van der Waals surface area contributed by atoms with Crippen LogP contribution in [0.25, 0.3) is 11.3 Å². The first-order valence-corrected chi connectivity index (χ1v) is 8.66. The van der Waals surface area contributed by atoms with Crippen molar-refractivity contribution in [2.45, 2.75) is 20.3 Å². The summed E-state index contributed by atoms with van der Waals surface area (Å²) in [5.41, 5.74) is 5.41. The number of rotatable bonds is 2. The number of benzene rings is 1. The highest BCUT2D eigenvalue weighted by atomic mass is 32.1. The first kappa shape index (κ1) is 15.0. The van der Waals surface area contributed by atoms with Gasteiger partial charge in [-0.2, -0.15) is 0 Å². The van der Waals surface area contributed by atoms with E-state index in [4.69, 9.17) is 0 Å². The summed E-state index contributed by atoms with van der Waals surface area (Å²) < 4.78 is 0. The van der Waals surface area contributed by atoms with Crippen LogP contribution in [0.4, 0.5) is 5.69 Å². The van der Waals surface area contributed by atoms with E-state index in [-0.39, 0.29) is 5.91 Å². The molecule has 24 heavy (non-hydrogen) atoms. The Kier molecular flexibility index (Phi) is 3.61. The fraction of sp³-hybridized carbons (Fsp3) is 0.222. The molecule has 0 saturated heterocycles. The van der Waals surface area contributed by atoms with E-state index in [1.807, 2.05) is 26.0 Å².